The van der Waals surface area contributed by atoms with Gasteiger partial charge in [0.2, 0.25) is 5.91 Å². The van der Waals surface area contributed by atoms with Gasteiger partial charge in [0.25, 0.3) is 0 Å². The lowest BCUT2D eigenvalue weighted by Crippen LogP contribution is -2.33. The molecule has 0 spiro atoms. The quantitative estimate of drug-likeness (QED) is 0.439. The molecule has 0 bridgehead atoms. The third kappa shape index (κ3) is 6.81. The van der Waals surface area contributed by atoms with Gasteiger partial charge in [-0.15, -0.1) is 11.3 Å². The maximum absolute atomic E-state index is 12.3. The lowest BCUT2D eigenvalue weighted by molar-refractivity contribution is -0.128. The monoisotopic (exact) mass is 451 g/mol. The first kappa shape index (κ1) is 23.8. The summed E-state index contributed by atoms with van der Waals surface area (Å²) in [6.45, 7) is 2.60. The molecule has 1 aromatic carbocycles. The van der Waals surface area contributed by atoms with Crippen LogP contribution in [0.2, 0.25) is 0 Å². The van der Waals surface area contributed by atoms with Crippen molar-refractivity contribution in [1.29, 1.82) is 0 Å². The molecule has 168 valence electrons. The average Bonchev–Trinajstić information content (AvgIpc) is 3.40. The first-order valence-electron chi connectivity index (χ1n) is 11.0. The number of carboxylic acid groups (broad SMARTS) is 1. The summed E-state index contributed by atoms with van der Waals surface area (Å²) >= 11 is 1.29. The van der Waals surface area contributed by atoms with Crippen molar-refractivity contribution in [2.24, 2.45) is 5.92 Å². The van der Waals surface area contributed by atoms with Gasteiger partial charge < -0.3 is 15.1 Å². The third-order valence-electron chi connectivity index (χ3n) is 5.61. The Balaban J connectivity index is 1.48. The van der Waals surface area contributed by atoms with E-state index >= 15 is 0 Å². The predicted octanol–water partition coefficient (Wildman–Crippen LogP) is 4.36. The van der Waals surface area contributed by atoms with Crippen molar-refractivity contribution in [2.75, 3.05) is 6.54 Å². The van der Waals surface area contributed by atoms with Crippen molar-refractivity contribution < 1.29 is 19.8 Å². The van der Waals surface area contributed by atoms with Crippen LogP contribution in [0.1, 0.15) is 52.7 Å². The maximum Gasteiger partial charge on any atom is 0.345 e. The third-order valence-corrected chi connectivity index (χ3v) is 6.75. The van der Waals surface area contributed by atoms with E-state index in [0.29, 0.717) is 24.3 Å². The molecule has 1 saturated heterocycles. The van der Waals surface area contributed by atoms with Crippen LogP contribution in [0.15, 0.2) is 54.6 Å². The molecule has 0 radical (unpaired) electrons. The van der Waals surface area contributed by atoms with Crippen LogP contribution in [0.4, 0.5) is 0 Å². The van der Waals surface area contributed by atoms with E-state index in [-0.39, 0.29) is 17.9 Å². The number of rotatable bonds is 9. The van der Waals surface area contributed by atoms with Crippen LogP contribution in [0.25, 0.3) is 0 Å². The van der Waals surface area contributed by atoms with Gasteiger partial charge >= 0.3 is 5.97 Å². The van der Waals surface area contributed by atoms with Crippen molar-refractivity contribution in [3.63, 3.8) is 0 Å². The highest BCUT2D eigenvalue weighted by molar-refractivity contribution is 7.13. The molecule has 2 heterocycles. The average molecular weight is 452 g/mol. The minimum atomic E-state index is -0.903. The van der Waals surface area contributed by atoms with Gasteiger partial charge in [-0.05, 0) is 49.4 Å². The van der Waals surface area contributed by atoms with E-state index in [1.165, 1.54) is 11.3 Å². The second-order valence-electron chi connectivity index (χ2n) is 8.09. The zero-order chi connectivity index (χ0) is 22.9. The molecule has 2 N–H and O–H groups in total. The summed E-state index contributed by atoms with van der Waals surface area (Å²) in [5, 5.41) is 19.5. The zero-order valence-corrected chi connectivity index (χ0v) is 19.1. The standard InChI is InChI=1S/C26H29NO4S/c1-19(7-5-10-20-8-3-2-4-9-20)23(28)15-12-21-13-17-25(29)27(21)18-6-11-22-14-16-24(32-22)26(30)31/h2-4,8-9,12,14-16,19,21,23,28H,6-7,11,13,17-18H2,1H3,(H,30,31)/b15-12+/t19-,21-,23+/m0/s1. The molecule has 32 heavy (non-hydrogen) atoms. The number of carboxylic acids is 1. The van der Waals surface area contributed by atoms with Crippen LogP contribution in [0, 0.1) is 17.8 Å². The maximum atomic E-state index is 12.3. The predicted molar refractivity (Wildman–Crippen MR) is 127 cm³/mol. The van der Waals surface area contributed by atoms with E-state index in [0.717, 1.165) is 29.7 Å². The first-order valence-corrected chi connectivity index (χ1v) is 11.8. The van der Waals surface area contributed by atoms with Crippen LogP contribution in [0.5, 0.6) is 0 Å². The van der Waals surface area contributed by atoms with E-state index in [1.807, 2.05) is 54.3 Å². The number of hydrogen-bond donors (Lipinski definition) is 2. The fourth-order valence-electron chi connectivity index (χ4n) is 3.69. The number of aliphatic hydroxyl groups is 1. The molecule has 0 saturated carbocycles. The first-order chi connectivity index (χ1) is 15.4. The molecular formula is C26H29NO4S. The van der Waals surface area contributed by atoms with Crippen LogP contribution in [-0.2, 0) is 11.2 Å². The van der Waals surface area contributed by atoms with Crippen LogP contribution >= 0.6 is 11.3 Å². The smallest absolute Gasteiger partial charge is 0.345 e. The molecule has 1 amide bonds. The van der Waals surface area contributed by atoms with Crippen molar-refractivity contribution in [3.05, 3.63) is 69.9 Å². The number of hydrogen-bond acceptors (Lipinski definition) is 4. The van der Waals surface area contributed by atoms with E-state index in [9.17, 15) is 14.7 Å². The molecule has 2 aromatic rings. The van der Waals surface area contributed by atoms with Crippen molar-refractivity contribution in [2.45, 2.75) is 51.2 Å². The van der Waals surface area contributed by atoms with Gasteiger partial charge in [-0.2, -0.15) is 0 Å². The molecule has 0 aliphatic carbocycles. The van der Waals surface area contributed by atoms with Crippen molar-refractivity contribution in [3.8, 4) is 11.8 Å². The van der Waals surface area contributed by atoms with Gasteiger partial charge in [-0.3, -0.25) is 4.79 Å². The highest BCUT2D eigenvalue weighted by Crippen LogP contribution is 2.23. The molecule has 6 heteroatoms. The topological polar surface area (TPSA) is 77.8 Å². The minimum Gasteiger partial charge on any atom is -0.477 e. The van der Waals surface area contributed by atoms with E-state index < -0.39 is 12.1 Å². The van der Waals surface area contributed by atoms with Crippen LogP contribution < -0.4 is 0 Å². The molecular weight excluding hydrogens is 422 g/mol. The number of aliphatic hydroxyl groups excluding tert-OH is 1. The Morgan fingerprint density at radius 2 is 2.06 bits per heavy atom. The van der Waals surface area contributed by atoms with Gasteiger partial charge in [0.15, 0.2) is 0 Å². The second-order valence-corrected chi connectivity index (χ2v) is 9.26. The molecule has 0 unspecified atom stereocenters. The lowest BCUT2D eigenvalue weighted by Gasteiger charge is -2.23. The molecule has 1 aliphatic heterocycles. The Bertz CT molecular complexity index is 1000. The zero-order valence-electron chi connectivity index (χ0n) is 18.2. The number of thiophene rings is 1. The Labute approximate surface area is 193 Å². The summed E-state index contributed by atoms with van der Waals surface area (Å²) < 4.78 is 0. The lowest BCUT2D eigenvalue weighted by atomic mass is 9.99. The SMILES string of the molecule is C[C@@H](CC#Cc1ccccc1)[C@H](O)/C=C/[C@H]1CCC(=O)N1CCCc1ccc(C(=O)O)s1. The van der Waals surface area contributed by atoms with Crippen LogP contribution in [-0.4, -0.2) is 45.7 Å². The van der Waals surface area contributed by atoms with Gasteiger partial charge in [0, 0.05) is 29.8 Å². The summed E-state index contributed by atoms with van der Waals surface area (Å²) in [5.41, 5.74) is 0.964. The highest BCUT2D eigenvalue weighted by Gasteiger charge is 2.28. The summed E-state index contributed by atoms with van der Waals surface area (Å²) in [5.74, 6) is 5.47. The Kier molecular flexibility index (Phi) is 8.66. The Morgan fingerprint density at radius 3 is 2.78 bits per heavy atom. The highest BCUT2D eigenvalue weighted by atomic mass is 32.1. The van der Waals surface area contributed by atoms with E-state index in [2.05, 4.69) is 11.8 Å². The number of nitrogens with zero attached hydrogens (tertiary/aromatic N) is 1. The molecule has 1 fully saturated rings. The summed E-state index contributed by atoms with van der Waals surface area (Å²) in [6.07, 6.45) is 6.53. The van der Waals surface area contributed by atoms with Gasteiger partial charge in [0.05, 0.1) is 12.1 Å². The molecule has 3 atom stereocenters. The second kappa shape index (κ2) is 11.7. The van der Waals surface area contributed by atoms with E-state index in [4.69, 9.17) is 5.11 Å². The normalized spacial score (nSPS) is 17.9. The van der Waals surface area contributed by atoms with Gasteiger partial charge in [0.1, 0.15) is 4.88 Å². The molecule has 1 aromatic heterocycles. The van der Waals surface area contributed by atoms with Gasteiger partial charge in [-0.1, -0.05) is 49.1 Å². The fraction of sp³-hybridized carbons (Fsp3) is 0.385. The summed E-state index contributed by atoms with van der Waals surface area (Å²) in [6, 6.07) is 13.2. The van der Waals surface area contributed by atoms with Crippen molar-refractivity contribution >= 4 is 23.2 Å². The number of amides is 1. The molecule has 1 aliphatic rings. The summed E-state index contributed by atoms with van der Waals surface area (Å²) in [4.78, 5) is 26.5. The molecule has 3 rings (SSSR count). The van der Waals surface area contributed by atoms with Crippen molar-refractivity contribution in [1.82, 2.24) is 4.90 Å². The Hall–Kier alpha value is -2.88. The number of aromatic carboxylic acids is 1. The largest absolute Gasteiger partial charge is 0.477 e. The minimum absolute atomic E-state index is 0.00216. The number of benzene rings is 1. The summed E-state index contributed by atoms with van der Waals surface area (Å²) in [7, 11) is 0. The number of carbonyl (C=O) groups excluding carboxylic acids is 1. The number of aryl methyl sites for hydroxylation is 1. The van der Waals surface area contributed by atoms with E-state index in [1.54, 1.807) is 12.1 Å². The number of likely N-dealkylation sites (tertiary alicyclic amines) is 1. The van der Waals surface area contributed by atoms with Gasteiger partial charge in [-0.25, -0.2) is 4.79 Å². The fourth-order valence-corrected chi connectivity index (χ4v) is 4.57. The Morgan fingerprint density at radius 1 is 1.28 bits per heavy atom. The van der Waals surface area contributed by atoms with Crippen LogP contribution in [0.3, 0.4) is 0 Å². The number of carbonyl (C=O) groups is 2. The molecule has 5 nitrogen and oxygen atoms in total.